The van der Waals surface area contributed by atoms with Gasteiger partial charge in [0.15, 0.2) is 8.32 Å². The van der Waals surface area contributed by atoms with E-state index < -0.39 is 8.32 Å². The van der Waals surface area contributed by atoms with E-state index >= 15 is 0 Å². The predicted molar refractivity (Wildman–Crippen MR) is 81.0 cm³/mol. The molecule has 0 amide bonds. The van der Waals surface area contributed by atoms with Crippen LogP contribution in [-0.2, 0) is 4.43 Å². The zero-order valence-electron chi connectivity index (χ0n) is 13.2. The molecule has 0 aromatic rings. The molecule has 0 rings (SSSR count). The molecule has 0 aliphatic rings. The number of hydrogen-bond donors (Lipinski definition) is 1. The lowest BCUT2D eigenvalue weighted by molar-refractivity contribution is 0.0690. The predicted octanol–water partition coefficient (Wildman–Crippen LogP) is 3.81. The van der Waals surface area contributed by atoms with E-state index in [4.69, 9.17) is 4.43 Å². The van der Waals surface area contributed by atoms with Gasteiger partial charge in [0.25, 0.3) is 0 Å². The summed E-state index contributed by atoms with van der Waals surface area (Å²) in [5, 5.41) is 9.79. The van der Waals surface area contributed by atoms with E-state index in [9.17, 15) is 5.11 Å². The lowest BCUT2D eigenvalue weighted by Gasteiger charge is -2.39. The molecule has 0 aliphatic carbocycles. The molecule has 1 N–H and O–H groups in total. The quantitative estimate of drug-likeness (QED) is 0.587. The van der Waals surface area contributed by atoms with Crippen LogP contribution in [0.25, 0.3) is 0 Å². The van der Waals surface area contributed by atoms with Crippen molar-refractivity contribution in [3.8, 4) is 11.8 Å². The second-order valence-electron chi connectivity index (χ2n) is 6.94. The average Bonchev–Trinajstić information content (AvgIpc) is 2.25. The van der Waals surface area contributed by atoms with Gasteiger partial charge < -0.3 is 9.53 Å². The first-order valence-corrected chi connectivity index (χ1v) is 9.63. The van der Waals surface area contributed by atoms with Gasteiger partial charge in [-0.3, -0.25) is 0 Å². The maximum absolute atomic E-state index is 9.57. The van der Waals surface area contributed by atoms with E-state index in [1.165, 1.54) is 0 Å². The number of aliphatic hydroxyl groups excluding tert-OH is 1. The summed E-state index contributed by atoms with van der Waals surface area (Å²) < 4.78 is 6.21. The van der Waals surface area contributed by atoms with Crippen molar-refractivity contribution in [3.63, 3.8) is 0 Å². The number of rotatable bonds is 6. The molecule has 106 valence electrons. The Morgan fingerprint density at radius 1 is 1.17 bits per heavy atom. The summed E-state index contributed by atoms with van der Waals surface area (Å²) in [6.07, 6.45) is 1.72. The third-order valence-corrected chi connectivity index (χ3v) is 8.48. The Hall–Kier alpha value is -0.303. The fourth-order valence-electron chi connectivity index (χ4n) is 1.26. The van der Waals surface area contributed by atoms with Crippen molar-refractivity contribution in [2.24, 2.45) is 5.41 Å². The highest BCUT2D eigenvalue weighted by Crippen LogP contribution is 2.38. The molecular formula is C15H30O2Si. The molecule has 2 nitrogen and oxygen atoms in total. The Morgan fingerprint density at radius 3 is 2.11 bits per heavy atom. The molecule has 0 bridgehead atoms. The first-order valence-electron chi connectivity index (χ1n) is 6.72. The van der Waals surface area contributed by atoms with Gasteiger partial charge in [0.1, 0.15) is 0 Å². The highest BCUT2D eigenvalue weighted by atomic mass is 28.4. The van der Waals surface area contributed by atoms with Crippen LogP contribution in [0.15, 0.2) is 0 Å². The van der Waals surface area contributed by atoms with Crippen molar-refractivity contribution in [1.82, 2.24) is 0 Å². The zero-order valence-corrected chi connectivity index (χ0v) is 14.2. The molecule has 0 aromatic carbocycles. The molecule has 0 saturated carbocycles. The Morgan fingerprint density at radius 2 is 1.72 bits per heavy atom. The molecule has 0 spiro atoms. The van der Waals surface area contributed by atoms with Gasteiger partial charge >= 0.3 is 0 Å². The van der Waals surface area contributed by atoms with Gasteiger partial charge in [-0.05, 0) is 31.5 Å². The molecule has 1 unspecified atom stereocenters. The summed E-state index contributed by atoms with van der Waals surface area (Å²) in [5.74, 6) is 5.96. The molecule has 0 fully saturated rings. The van der Waals surface area contributed by atoms with Gasteiger partial charge in [-0.15, -0.1) is 11.8 Å². The molecule has 0 radical (unpaired) electrons. The summed E-state index contributed by atoms with van der Waals surface area (Å²) in [7, 11) is -1.73. The van der Waals surface area contributed by atoms with Crippen molar-refractivity contribution in [2.45, 2.75) is 65.6 Å². The third kappa shape index (κ3) is 5.56. The normalized spacial score (nSPS) is 15.8. The Balaban J connectivity index is 4.49. The van der Waals surface area contributed by atoms with Gasteiger partial charge in [-0.2, -0.15) is 0 Å². The van der Waals surface area contributed by atoms with Crippen molar-refractivity contribution >= 4 is 8.32 Å². The SMILES string of the molecule is CC#CCCC(C)(CO)CO[Si](C)(C)C(C)(C)C. The summed E-state index contributed by atoms with van der Waals surface area (Å²) in [6.45, 7) is 15.9. The lowest BCUT2D eigenvalue weighted by atomic mass is 9.87. The molecule has 1 atom stereocenters. The standard InChI is InChI=1S/C15H30O2Si/c1-8-9-10-11-15(5,12-16)13-17-18(6,7)14(2,3)4/h16H,10-13H2,1-7H3. The van der Waals surface area contributed by atoms with Crippen molar-refractivity contribution < 1.29 is 9.53 Å². The van der Waals surface area contributed by atoms with Gasteiger partial charge in [-0.25, -0.2) is 0 Å². The minimum Gasteiger partial charge on any atom is -0.416 e. The summed E-state index contributed by atoms with van der Waals surface area (Å²) in [4.78, 5) is 0. The summed E-state index contributed by atoms with van der Waals surface area (Å²) in [6, 6.07) is 0. The van der Waals surface area contributed by atoms with Crippen molar-refractivity contribution in [1.29, 1.82) is 0 Å². The Kier molecular flexibility index (Phi) is 6.63. The molecular weight excluding hydrogens is 240 g/mol. The van der Waals surface area contributed by atoms with Crippen LogP contribution in [0.5, 0.6) is 0 Å². The fraction of sp³-hybridized carbons (Fsp3) is 0.867. The largest absolute Gasteiger partial charge is 0.416 e. The van der Waals surface area contributed by atoms with Gasteiger partial charge in [0.2, 0.25) is 0 Å². The summed E-state index contributed by atoms with van der Waals surface area (Å²) in [5.41, 5.74) is -0.167. The first kappa shape index (κ1) is 17.7. The highest BCUT2D eigenvalue weighted by Gasteiger charge is 2.39. The molecule has 18 heavy (non-hydrogen) atoms. The third-order valence-electron chi connectivity index (χ3n) is 4.00. The van der Waals surface area contributed by atoms with E-state index in [1.807, 2.05) is 6.92 Å². The van der Waals surface area contributed by atoms with Crippen LogP contribution >= 0.6 is 0 Å². The van der Waals surface area contributed by atoms with E-state index in [1.54, 1.807) is 0 Å². The summed E-state index contributed by atoms with van der Waals surface area (Å²) >= 11 is 0. The highest BCUT2D eigenvalue weighted by molar-refractivity contribution is 6.74. The first-order chi connectivity index (χ1) is 8.08. The Labute approximate surface area is 114 Å². The maximum atomic E-state index is 9.57. The van der Waals surface area contributed by atoms with Gasteiger partial charge in [0.05, 0.1) is 6.61 Å². The topological polar surface area (TPSA) is 29.5 Å². The molecule has 0 saturated heterocycles. The molecule has 0 heterocycles. The smallest absolute Gasteiger partial charge is 0.192 e. The van der Waals surface area contributed by atoms with Crippen molar-refractivity contribution in [2.75, 3.05) is 13.2 Å². The van der Waals surface area contributed by atoms with Crippen LogP contribution in [0, 0.1) is 17.3 Å². The van der Waals surface area contributed by atoms with E-state index in [-0.39, 0.29) is 17.1 Å². The monoisotopic (exact) mass is 270 g/mol. The van der Waals surface area contributed by atoms with Crippen LogP contribution in [0.3, 0.4) is 0 Å². The van der Waals surface area contributed by atoms with E-state index in [0.717, 1.165) is 12.8 Å². The molecule has 0 aromatic heterocycles. The van der Waals surface area contributed by atoms with Crippen molar-refractivity contribution in [3.05, 3.63) is 0 Å². The fourth-order valence-corrected chi connectivity index (χ4v) is 2.40. The van der Waals surface area contributed by atoms with Gasteiger partial charge in [-0.1, -0.05) is 27.7 Å². The zero-order chi connectivity index (χ0) is 14.4. The lowest BCUT2D eigenvalue weighted by Crippen LogP contribution is -2.44. The minimum absolute atomic E-state index is 0.160. The van der Waals surface area contributed by atoms with Crippen LogP contribution in [0.4, 0.5) is 0 Å². The van der Waals surface area contributed by atoms with Crippen LogP contribution in [-0.4, -0.2) is 26.6 Å². The van der Waals surface area contributed by atoms with Gasteiger partial charge in [0, 0.05) is 18.4 Å². The van der Waals surface area contributed by atoms with Crippen LogP contribution in [0.1, 0.15) is 47.5 Å². The maximum Gasteiger partial charge on any atom is 0.192 e. The average molecular weight is 270 g/mol. The minimum atomic E-state index is -1.73. The number of aliphatic hydroxyl groups is 1. The Bertz CT molecular complexity index is 307. The van der Waals surface area contributed by atoms with Crippen LogP contribution in [0.2, 0.25) is 18.1 Å². The number of hydrogen-bond acceptors (Lipinski definition) is 2. The van der Waals surface area contributed by atoms with Crippen LogP contribution < -0.4 is 0 Å². The second kappa shape index (κ2) is 6.74. The van der Waals surface area contributed by atoms with E-state index in [0.29, 0.717) is 6.61 Å². The van der Waals surface area contributed by atoms with E-state index in [2.05, 4.69) is 52.6 Å². The molecule has 3 heteroatoms. The molecule has 0 aliphatic heterocycles. The second-order valence-corrected chi connectivity index (χ2v) is 11.8.